The molecule has 1 amide bonds. The molecule has 0 bridgehead atoms. The van der Waals surface area contributed by atoms with Gasteiger partial charge >= 0.3 is 0 Å². The molecule has 0 saturated carbocycles. The lowest BCUT2D eigenvalue weighted by molar-refractivity contribution is -0.170. The third-order valence-corrected chi connectivity index (χ3v) is 5.64. The maximum atomic E-state index is 14.2. The Morgan fingerprint density at radius 3 is 2.68 bits per heavy atom. The van der Waals surface area contributed by atoms with Gasteiger partial charge in [0.1, 0.15) is 17.7 Å². The van der Waals surface area contributed by atoms with Gasteiger partial charge in [-0.25, -0.2) is 18.7 Å². The standard InChI is InChI=1S/C23H23F2N5O4/c1-2-17-21(32)16(31)8-18(34-17)11-6-7-27-10-15(11)29-23(33)20-14(26)9-28-22(30-20)19-12(24)4-3-5-13(19)25/h3-7,9-10,16-18,21,31-32H,2,8,26H2,1H3,(H,29,33)/t16-,17-,18-,21+/m0/s1. The number of amides is 1. The van der Waals surface area contributed by atoms with E-state index in [9.17, 15) is 23.8 Å². The van der Waals surface area contributed by atoms with E-state index in [4.69, 9.17) is 10.5 Å². The van der Waals surface area contributed by atoms with E-state index in [2.05, 4.69) is 20.3 Å². The zero-order valence-electron chi connectivity index (χ0n) is 18.2. The van der Waals surface area contributed by atoms with Crippen molar-refractivity contribution in [1.29, 1.82) is 0 Å². The molecule has 3 heterocycles. The average Bonchev–Trinajstić information content (AvgIpc) is 2.82. The molecule has 0 spiro atoms. The van der Waals surface area contributed by atoms with Crippen LogP contribution < -0.4 is 11.1 Å². The first-order chi connectivity index (χ1) is 16.3. The van der Waals surface area contributed by atoms with Crippen molar-refractivity contribution < 1.29 is 28.5 Å². The Kier molecular flexibility index (Phi) is 6.77. The normalized spacial score (nSPS) is 22.4. The summed E-state index contributed by atoms with van der Waals surface area (Å²) in [6.07, 6.45) is 1.37. The molecule has 9 nitrogen and oxygen atoms in total. The predicted octanol–water partition coefficient (Wildman–Crippen LogP) is 2.61. The summed E-state index contributed by atoms with van der Waals surface area (Å²) in [5.74, 6) is -2.85. The molecule has 4 rings (SSSR count). The third kappa shape index (κ3) is 4.58. The highest BCUT2D eigenvalue weighted by Gasteiger charge is 2.37. The summed E-state index contributed by atoms with van der Waals surface area (Å²) < 4.78 is 34.3. The minimum Gasteiger partial charge on any atom is -0.396 e. The number of nitrogens with one attached hydrogen (secondary N) is 1. The lowest BCUT2D eigenvalue weighted by Gasteiger charge is -2.37. The highest BCUT2D eigenvalue weighted by molar-refractivity contribution is 6.06. The fourth-order valence-electron chi connectivity index (χ4n) is 3.87. The molecule has 1 aromatic carbocycles. The predicted molar refractivity (Wildman–Crippen MR) is 119 cm³/mol. The number of anilines is 2. The number of carbonyl (C=O) groups excluding carboxylic acids is 1. The lowest BCUT2D eigenvalue weighted by Crippen LogP contribution is -2.45. The number of carbonyl (C=O) groups is 1. The molecule has 178 valence electrons. The molecule has 3 aromatic rings. The van der Waals surface area contributed by atoms with E-state index in [1.54, 1.807) is 6.07 Å². The van der Waals surface area contributed by atoms with Crippen molar-refractivity contribution in [3.05, 3.63) is 65.7 Å². The van der Waals surface area contributed by atoms with Gasteiger partial charge in [-0.1, -0.05) is 13.0 Å². The van der Waals surface area contributed by atoms with Crippen LogP contribution in [0, 0.1) is 11.6 Å². The van der Waals surface area contributed by atoms with E-state index < -0.39 is 47.5 Å². The number of hydrogen-bond donors (Lipinski definition) is 4. The Balaban J connectivity index is 1.64. The van der Waals surface area contributed by atoms with E-state index in [1.807, 2.05) is 6.92 Å². The van der Waals surface area contributed by atoms with Gasteiger partial charge in [0.25, 0.3) is 5.91 Å². The number of ether oxygens (including phenoxy) is 1. The maximum absolute atomic E-state index is 14.2. The number of aromatic nitrogens is 3. The Labute approximate surface area is 193 Å². The van der Waals surface area contributed by atoms with E-state index in [0.717, 1.165) is 18.3 Å². The molecule has 5 N–H and O–H groups in total. The van der Waals surface area contributed by atoms with Crippen LogP contribution in [0.15, 0.2) is 42.9 Å². The van der Waals surface area contributed by atoms with Crippen LogP contribution in [0.5, 0.6) is 0 Å². The summed E-state index contributed by atoms with van der Waals surface area (Å²) in [5.41, 5.74) is 5.82. The molecule has 0 radical (unpaired) electrons. The quantitative estimate of drug-likeness (QED) is 0.445. The van der Waals surface area contributed by atoms with Gasteiger partial charge < -0.3 is 26.0 Å². The van der Waals surface area contributed by atoms with Gasteiger partial charge in [0.2, 0.25) is 0 Å². The first kappa shape index (κ1) is 23.6. The monoisotopic (exact) mass is 471 g/mol. The van der Waals surface area contributed by atoms with E-state index in [-0.39, 0.29) is 29.3 Å². The van der Waals surface area contributed by atoms with Crippen LogP contribution in [0.2, 0.25) is 0 Å². The maximum Gasteiger partial charge on any atom is 0.276 e. The van der Waals surface area contributed by atoms with Gasteiger partial charge in [-0.05, 0) is 24.6 Å². The van der Waals surface area contributed by atoms with Crippen LogP contribution >= 0.6 is 0 Å². The largest absolute Gasteiger partial charge is 0.396 e. The molecule has 1 fully saturated rings. The van der Waals surface area contributed by atoms with E-state index in [0.29, 0.717) is 12.0 Å². The molecule has 4 atom stereocenters. The Morgan fingerprint density at radius 1 is 1.24 bits per heavy atom. The SMILES string of the molecule is CC[C@@H]1O[C@H](c2ccncc2NC(=O)c2nc(-c3c(F)cccc3F)ncc2N)C[C@H](O)[C@H]1O. The number of benzene rings is 1. The van der Waals surface area contributed by atoms with Crippen LogP contribution in [0.1, 0.15) is 41.9 Å². The molecule has 1 aliphatic heterocycles. The number of rotatable bonds is 5. The number of aliphatic hydroxyl groups is 2. The molecule has 1 aliphatic rings. The molecule has 1 saturated heterocycles. The van der Waals surface area contributed by atoms with Crippen molar-refractivity contribution in [3.63, 3.8) is 0 Å². The van der Waals surface area contributed by atoms with Gasteiger partial charge in [-0.2, -0.15) is 0 Å². The first-order valence-electron chi connectivity index (χ1n) is 10.6. The smallest absolute Gasteiger partial charge is 0.276 e. The first-order valence-corrected chi connectivity index (χ1v) is 10.6. The van der Waals surface area contributed by atoms with Crippen molar-refractivity contribution in [2.75, 3.05) is 11.1 Å². The number of nitrogen functional groups attached to an aromatic ring is 1. The molecule has 0 aliphatic carbocycles. The van der Waals surface area contributed by atoms with Crippen LogP contribution in [0.4, 0.5) is 20.2 Å². The highest BCUT2D eigenvalue weighted by Crippen LogP contribution is 2.36. The van der Waals surface area contributed by atoms with Crippen molar-refractivity contribution >= 4 is 17.3 Å². The summed E-state index contributed by atoms with van der Waals surface area (Å²) in [6.45, 7) is 1.83. The van der Waals surface area contributed by atoms with Gasteiger partial charge in [0, 0.05) is 18.2 Å². The van der Waals surface area contributed by atoms with Crippen molar-refractivity contribution in [2.24, 2.45) is 0 Å². The average molecular weight is 471 g/mol. The summed E-state index contributed by atoms with van der Waals surface area (Å²) in [6, 6.07) is 4.94. The zero-order valence-corrected chi connectivity index (χ0v) is 18.2. The fourth-order valence-corrected chi connectivity index (χ4v) is 3.87. The molecule has 11 heteroatoms. The zero-order chi connectivity index (χ0) is 24.4. The summed E-state index contributed by atoms with van der Waals surface area (Å²) in [7, 11) is 0. The van der Waals surface area contributed by atoms with Crippen molar-refractivity contribution in [1.82, 2.24) is 15.0 Å². The van der Waals surface area contributed by atoms with Crippen molar-refractivity contribution in [3.8, 4) is 11.4 Å². The Hall–Kier alpha value is -3.54. The van der Waals surface area contributed by atoms with E-state index >= 15 is 0 Å². The molecular weight excluding hydrogens is 448 g/mol. The highest BCUT2D eigenvalue weighted by atomic mass is 19.1. The number of nitrogens with two attached hydrogens (primary N) is 1. The molecule has 34 heavy (non-hydrogen) atoms. The number of pyridine rings is 1. The van der Waals surface area contributed by atoms with Gasteiger partial charge in [-0.3, -0.25) is 9.78 Å². The second-order valence-electron chi connectivity index (χ2n) is 7.88. The summed E-state index contributed by atoms with van der Waals surface area (Å²) in [5, 5.41) is 23.0. The molecule has 0 unspecified atom stereocenters. The summed E-state index contributed by atoms with van der Waals surface area (Å²) >= 11 is 0. The van der Waals surface area contributed by atoms with Gasteiger partial charge in [0.05, 0.1) is 47.6 Å². The second-order valence-corrected chi connectivity index (χ2v) is 7.88. The van der Waals surface area contributed by atoms with Crippen LogP contribution in [-0.2, 0) is 4.74 Å². The van der Waals surface area contributed by atoms with Crippen LogP contribution in [0.25, 0.3) is 11.4 Å². The second kappa shape index (κ2) is 9.75. The van der Waals surface area contributed by atoms with E-state index in [1.165, 1.54) is 18.5 Å². The Morgan fingerprint density at radius 2 is 1.97 bits per heavy atom. The van der Waals surface area contributed by atoms with Crippen LogP contribution in [-0.4, -0.2) is 49.4 Å². The topological polar surface area (TPSA) is 143 Å². The minimum absolute atomic E-state index is 0.0954. The van der Waals surface area contributed by atoms with Gasteiger partial charge in [-0.15, -0.1) is 0 Å². The third-order valence-electron chi connectivity index (χ3n) is 5.64. The van der Waals surface area contributed by atoms with Gasteiger partial charge in [0.15, 0.2) is 11.5 Å². The summed E-state index contributed by atoms with van der Waals surface area (Å²) in [4.78, 5) is 24.9. The molecule has 2 aromatic heterocycles. The molecular formula is C23H23F2N5O4. The number of aliphatic hydroxyl groups excluding tert-OH is 2. The minimum atomic E-state index is -1.01. The lowest BCUT2D eigenvalue weighted by atomic mass is 9.92. The Bertz CT molecular complexity index is 1190. The number of halogens is 2. The number of nitrogens with zero attached hydrogens (tertiary/aromatic N) is 3. The number of hydrogen-bond acceptors (Lipinski definition) is 8. The van der Waals surface area contributed by atoms with Crippen molar-refractivity contribution in [2.45, 2.75) is 44.2 Å². The fraction of sp³-hybridized carbons (Fsp3) is 0.304. The van der Waals surface area contributed by atoms with Crippen LogP contribution in [0.3, 0.4) is 0 Å².